The van der Waals surface area contributed by atoms with Crippen molar-refractivity contribution >= 4 is 11.8 Å². The van der Waals surface area contributed by atoms with Gasteiger partial charge in [-0.1, -0.05) is 24.3 Å². The molecule has 0 saturated carbocycles. The van der Waals surface area contributed by atoms with Crippen LogP contribution in [0.5, 0.6) is 11.5 Å². The third-order valence-corrected chi connectivity index (χ3v) is 3.38. The first-order valence-electron chi connectivity index (χ1n) is 7.33. The second kappa shape index (κ2) is 6.99. The fourth-order valence-corrected chi connectivity index (χ4v) is 2.24. The molecule has 124 valence electrons. The summed E-state index contributed by atoms with van der Waals surface area (Å²) in [6, 6.07) is 12.7. The first-order chi connectivity index (χ1) is 11.6. The van der Waals surface area contributed by atoms with Gasteiger partial charge in [-0.05, 0) is 29.8 Å². The molecule has 2 N–H and O–H groups in total. The first-order valence-corrected chi connectivity index (χ1v) is 7.33. The lowest BCUT2D eigenvalue weighted by Crippen LogP contribution is -2.51. The van der Waals surface area contributed by atoms with Crippen molar-refractivity contribution in [3.05, 3.63) is 59.9 Å². The second-order valence-electron chi connectivity index (χ2n) is 5.21. The molecule has 0 radical (unpaired) electrons. The Morgan fingerprint density at radius 1 is 1.08 bits per heavy atom. The van der Waals surface area contributed by atoms with E-state index < -0.39 is 23.7 Å². The maximum atomic E-state index is 13.1. The number of nitrogens with one attached hydrogen (secondary N) is 2. The number of rotatable bonds is 3. The van der Waals surface area contributed by atoms with E-state index in [0.29, 0.717) is 17.1 Å². The SMILES string of the molecule is O=C(Cc1cccc(F)c1)NNC(=O)[C@H]1COc2ccccc2O1. The highest BCUT2D eigenvalue weighted by atomic mass is 19.1. The molecule has 0 unspecified atom stereocenters. The summed E-state index contributed by atoms with van der Waals surface area (Å²) in [5, 5.41) is 0. The van der Waals surface area contributed by atoms with E-state index in [4.69, 9.17) is 9.47 Å². The molecule has 2 amide bonds. The Morgan fingerprint density at radius 2 is 1.88 bits per heavy atom. The quantitative estimate of drug-likeness (QED) is 0.833. The van der Waals surface area contributed by atoms with Gasteiger partial charge in [-0.2, -0.15) is 0 Å². The molecule has 1 atom stereocenters. The van der Waals surface area contributed by atoms with Crippen molar-refractivity contribution in [2.45, 2.75) is 12.5 Å². The minimum absolute atomic E-state index is 0.0443. The highest BCUT2D eigenvalue weighted by Crippen LogP contribution is 2.30. The van der Waals surface area contributed by atoms with E-state index in [0.717, 1.165) is 0 Å². The largest absolute Gasteiger partial charge is 0.485 e. The number of carbonyl (C=O) groups excluding carboxylic acids is 2. The monoisotopic (exact) mass is 330 g/mol. The topological polar surface area (TPSA) is 76.7 Å². The average Bonchev–Trinajstić information content (AvgIpc) is 2.59. The zero-order valence-corrected chi connectivity index (χ0v) is 12.6. The van der Waals surface area contributed by atoms with Crippen LogP contribution in [0.15, 0.2) is 48.5 Å². The zero-order chi connectivity index (χ0) is 16.9. The number of hydrazine groups is 1. The molecule has 1 aliphatic rings. The third kappa shape index (κ3) is 3.81. The van der Waals surface area contributed by atoms with Crippen molar-refractivity contribution in [2.24, 2.45) is 0 Å². The van der Waals surface area contributed by atoms with Gasteiger partial charge in [-0.25, -0.2) is 4.39 Å². The van der Waals surface area contributed by atoms with Gasteiger partial charge in [0.05, 0.1) is 6.42 Å². The van der Waals surface area contributed by atoms with Crippen molar-refractivity contribution in [1.82, 2.24) is 10.9 Å². The third-order valence-electron chi connectivity index (χ3n) is 3.38. The number of benzene rings is 2. The molecule has 24 heavy (non-hydrogen) atoms. The molecule has 0 spiro atoms. The van der Waals surface area contributed by atoms with Crippen LogP contribution in [0.4, 0.5) is 4.39 Å². The molecule has 0 aromatic heterocycles. The smallest absolute Gasteiger partial charge is 0.283 e. The van der Waals surface area contributed by atoms with Crippen LogP contribution in [-0.4, -0.2) is 24.5 Å². The average molecular weight is 330 g/mol. The number of hydrogen-bond donors (Lipinski definition) is 2. The molecule has 0 aliphatic carbocycles. The standard InChI is InChI=1S/C17H15FN2O4/c18-12-5-3-4-11(8-12)9-16(21)19-20-17(22)15-10-23-13-6-1-2-7-14(13)24-15/h1-8,15H,9-10H2,(H,19,21)(H,20,22)/t15-/m1/s1. The molecule has 3 rings (SSSR count). The molecular weight excluding hydrogens is 315 g/mol. The van der Waals surface area contributed by atoms with Gasteiger partial charge in [-0.3, -0.25) is 20.4 Å². The van der Waals surface area contributed by atoms with Gasteiger partial charge in [0.15, 0.2) is 11.5 Å². The Hall–Kier alpha value is -3.09. The van der Waals surface area contributed by atoms with Crippen molar-refractivity contribution in [1.29, 1.82) is 0 Å². The van der Waals surface area contributed by atoms with E-state index in [-0.39, 0.29) is 13.0 Å². The molecule has 1 aliphatic heterocycles. The molecule has 7 heteroatoms. The van der Waals surface area contributed by atoms with Crippen LogP contribution in [0.1, 0.15) is 5.56 Å². The lowest BCUT2D eigenvalue weighted by atomic mass is 10.1. The van der Waals surface area contributed by atoms with Gasteiger partial charge in [-0.15, -0.1) is 0 Å². The number of amides is 2. The van der Waals surface area contributed by atoms with Crippen LogP contribution in [0.25, 0.3) is 0 Å². The number of carbonyl (C=O) groups is 2. The first kappa shape index (κ1) is 15.8. The van der Waals surface area contributed by atoms with Gasteiger partial charge in [0.1, 0.15) is 12.4 Å². The maximum absolute atomic E-state index is 13.1. The highest BCUT2D eigenvalue weighted by Gasteiger charge is 2.27. The van der Waals surface area contributed by atoms with E-state index in [1.54, 1.807) is 30.3 Å². The van der Waals surface area contributed by atoms with Crippen molar-refractivity contribution in [3.8, 4) is 11.5 Å². The molecule has 0 bridgehead atoms. The molecule has 0 fully saturated rings. The van der Waals surface area contributed by atoms with Crippen LogP contribution < -0.4 is 20.3 Å². The van der Waals surface area contributed by atoms with Gasteiger partial charge in [0.2, 0.25) is 12.0 Å². The molecule has 2 aromatic rings. The van der Waals surface area contributed by atoms with E-state index >= 15 is 0 Å². The fourth-order valence-electron chi connectivity index (χ4n) is 2.24. The Bertz CT molecular complexity index is 766. The summed E-state index contributed by atoms with van der Waals surface area (Å²) in [4.78, 5) is 23.8. The minimum atomic E-state index is -0.866. The molecular formula is C17H15FN2O4. The second-order valence-corrected chi connectivity index (χ2v) is 5.21. The summed E-state index contributed by atoms with van der Waals surface area (Å²) in [7, 11) is 0. The number of ether oxygens (including phenoxy) is 2. The van der Waals surface area contributed by atoms with Crippen LogP contribution in [0.3, 0.4) is 0 Å². The predicted molar refractivity (Wildman–Crippen MR) is 82.7 cm³/mol. The van der Waals surface area contributed by atoms with Crippen molar-refractivity contribution in [3.63, 3.8) is 0 Å². The van der Waals surface area contributed by atoms with E-state index in [2.05, 4.69) is 10.9 Å². The summed E-state index contributed by atoms with van der Waals surface area (Å²) in [6.45, 7) is 0.0443. The molecule has 2 aromatic carbocycles. The molecule has 6 nitrogen and oxygen atoms in total. The van der Waals surface area contributed by atoms with Crippen LogP contribution in [0.2, 0.25) is 0 Å². The Labute approximate surface area is 137 Å². The van der Waals surface area contributed by atoms with Crippen molar-refractivity contribution in [2.75, 3.05) is 6.61 Å². The number of para-hydroxylation sites is 2. The summed E-state index contributed by atoms with van der Waals surface area (Å²) in [5.41, 5.74) is 5.06. The lowest BCUT2D eigenvalue weighted by molar-refractivity contribution is -0.134. The fraction of sp³-hybridized carbons (Fsp3) is 0.176. The lowest BCUT2D eigenvalue weighted by Gasteiger charge is -2.25. The van der Waals surface area contributed by atoms with Gasteiger partial charge >= 0.3 is 0 Å². The Kier molecular flexibility index (Phi) is 4.60. The van der Waals surface area contributed by atoms with E-state index in [1.807, 2.05) is 0 Å². The summed E-state index contributed by atoms with van der Waals surface area (Å²) < 4.78 is 24.0. The van der Waals surface area contributed by atoms with Crippen LogP contribution >= 0.6 is 0 Å². The number of hydrogen-bond acceptors (Lipinski definition) is 4. The van der Waals surface area contributed by atoms with Gasteiger partial charge in [0.25, 0.3) is 5.91 Å². The summed E-state index contributed by atoms with van der Waals surface area (Å²) in [6.07, 6.45) is -0.919. The zero-order valence-electron chi connectivity index (χ0n) is 12.6. The Morgan fingerprint density at radius 3 is 2.67 bits per heavy atom. The summed E-state index contributed by atoms with van der Waals surface area (Å²) in [5.74, 6) is -0.384. The number of halogens is 1. The molecule has 0 saturated heterocycles. The predicted octanol–water partition coefficient (Wildman–Crippen LogP) is 1.36. The van der Waals surface area contributed by atoms with E-state index in [1.165, 1.54) is 18.2 Å². The van der Waals surface area contributed by atoms with Crippen molar-refractivity contribution < 1.29 is 23.5 Å². The normalized spacial score (nSPS) is 15.5. The highest BCUT2D eigenvalue weighted by molar-refractivity contribution is 5.86. The van der Waals surface area contributed by atoms with E-state index in [9.17, 15) is 14.0 Å². The maximum Gasteiger partial charge on any atom is 0.283 e. The minimum Gasteiger partial charge on any atom is -0.485 e. The van der Waals surface area contributed by atoms with Crippen LogP contribution in [-0.2, 0) is 16.0 Å². The Balaban J connectivity index is 1.50. The van der Waals surface area contributed by atoms with Gasteiger partial charge in [0, 0.05) is 0 Å². The number of fused-ring (bicyclic) bond motifs is 1. The molecule has 1 heterocycles. The summed E-state index contributed by atoms with van der Waals surface area (Å²) >= 11 is 0. The van der Waals surface area contributed by atoms with Gasteiger partial charge < -0.3 is 9.47 Å². The van der Waals surface area contributed by atoms with Crippen LogP contribution in [0, 0.1) is 5.82 Å².